The third-order valence-corrected chi connectivity index (χ3v) is 5.31. The Kier molecular flexibility index (Phi) is 4.95. The summed E-state index contributed by atoms with van der Waals surface area (Å²) in [6.07, 6.45) is 0. The molecule has 1 aromatic heterocycles. The first-order valence-electron chi connectivity index (χ1n) is 8.15. The van der Waals surface area contributed by atoms with Crippen LogP contribution in [0.1, 0.15) is 27.2 Å². The number of hydrogen-bond donors (Lipinski definition) is 3. The molecule has 1 heterocycles. The molecule has 3 aromatic rings. The normalized spacial score (nSPS) is 11.2. The third-order valence-electron chi connectivity index (χ3n) is 3.96. The van der Waals surface area contributed by atoms with Crippen LogP contribution in [0.3, 0.4) is 0 Å². The van der Waals surface area contributed by atoms with Crippen molar-refractivity contribution in [1.82, 2.24) is 15.4 Å². The first-order valence-corrected chi connectivity index (χ1v) is 9.63. The highest BCUT2D eigenvalue weighted by Gasteiger charge is 2.23. The Balaban J connectivity index is 1.83. The van der Waals surface area contributed by atoms with E-state index in [1.165, 1.54) is 12.1 Å². The molecule has 0 unspecified atom stereocenters. The Labute approximate surface area is 157 Å². The number of aromatic amines is 1. The van der Waals surface area contributed by atoms with Crippen LogP contribution in [0.4, 0.5) is 11.5 Å². The van der Waals surface area contributed by atoms with Crippen molar-refractivity contribution in [3.8, 4) is 0 Å². The van der Waals surface area contributed by atoms with Crippen molar-refractivity contribution in [3.63, 3.8) is 0 Å². The van der Waals surface area contributed by atoms with Gasteiger partial charge in [0.05, 0.1) is 4.90 Å². The highest BCUT2D eigenvalue weighted by Crippen LogP contribution is 2.20. The Bertz CT molecular complexity index is 1090. The molecule has 3 N–H and O–H groups in total. The minimum absolute atomic E-state index is 0.0665. The van der Waals surface area contributed by atoms with Crippen LogP contribution in [0.2, 0.25) is 0 Å². The van der Waals surface area contributed by atoms with Crippen LogP contribution < -0.4 is 10.0 Å². The quantitative estimate of drug-likeness (QED) is 0.624. The van der Waals surface area contributed by atoms with Crippen LogP contribution in [0.25, 0.3) is 0 Å². The third kappa shape index (κ3) is 4.14. The van der Waals surface area contributed by atoms with Crippen molar-refractivity contribution in [2.45, 2.75) is 25.7 Å². The Morgan fingerprint density at radius 2 is 1.63 bits per heavy atom. The van der Waals surface area contributed by atoms with Gasteiger partial charge in [-0.25, -0.2) is 8.42 Å². The van der Waals surface area contributed by atoms with Gasteiger partial charge in [-0.3, -0.25) is 9.52 Å². The number of rotatable bonds is 5. The summed E-state index contributed by atoms with van der Waals surface area (Å²) in [4.78, 5) is 12.6. The van der Waals surface area contributed by atoms with Gasteiger partial charge in [0, 0.05) is 5.69 Å². The Morgan fingerprint density at radius 3 is 2.30 bits per heavy atom. The number of aryl methyl sites for hydroxylation is 3. The molecule has 8 nitrogen and oxygen atoms in total. The van der Waals surface area contributed by atoms with E-state index < -0.39 is 15.9 Å². The van der Waals surface area contributed by atoms with Gasteiger partial charge < -0.3 is 5.32 Å². The molecule has 3 rings (SSSR count). The molecule has 27 heavy (non-hydrogen) atoms. The van der Waals surface area contributed by atoms with E-state index in [1.807, 2.05) is 32.9 Å². The second kappa shape index (κ2) is 7.20. The van der Waals surface area contributed by atoms with E-state index in [2.05, 4.69) is 25.4 Å². The van der Waals surface area contributed by atoms with Crippen molar-refractivity contribution < 1.29 is 13.2 Å². The zero-order valence-electron chi connectivity index (χ0n) is 15.1. The number of carbonyl (C=O) groups is 1. The molecule has 0 fully saturated rings. The van der Waals surface area contributed by atoms with Gasteiger partial charge in [0.2, 0.25) is 0 Å². The molecule has 0 atom stereocenters. The number of hydrogen-bond acceptors (Lipinski definition) is 5. The number of aromatic nitrogens is 3. The first-order chi connectivity index (χ1) is 12.8. The average Bonchev–Trinajstić information content (AvgIpc) is 3.05. The molecule has 0 bridgehead atoms. The van der Waals surface area contributed by atoms with Crippen LogP contribution in [0.5, 0.6) is 0 Å². The van der Waals surface area contributed by atoms with Crippen LogP contribution in [-0.2, 0) is 10.0 Å². The lowest BCUT2D eigenvalue weighted by Crippen LogP contribution is -2.19. The predicted octanol–water partition coefficient (Wildman–Crippen LogP) is 2.78. The summed E-state index contributed by atoms with van der Waals surface area (Å²) in [6.45, 7) is 5.68. The standard InChI is InChI=1S/C18H19N5O3S/c1-11-4-7-14(8-5-11)27(25,26)22-17-16(20-23-21-17)18(24)19-15-9-6-12(2)10-13(15)3/h4-10H,1-3H3,(H,19,24)(H2,20,21,22,23). The lowest BCUT2D eigenvalue weighted by atomic mass is 10.1. The van der Waals surface area contributed by atoms with Crippen LogP contribution in [0.15, 0.2) is 47.4 Å². The number of H-pyrrole nitrogens is 1. The Morgan fingerprint density at radius 1 is 0.963 bits per heavy atom. The van der Waals surface area contributed by atoms with E-state index in [1.54, 1.807) is 18.2 Å². The van der Waals surface area contributed by atoms with Gasteiger partial charge in [0.25, 0.3) is 15.9 Å². The van der Waals surface area contributed by atoms with E-state index in [-0.39, 0.29) is 16.4 Å². The summed E-state index contributed by atoms with van der Waals surface area (Å²) >= 11 is 0. The molecule has 0 aliphatic rings. The topological polar surface area (TPSA) is 117 Å². The molecule has 0 aliphatic carbocycles. The fraction of sp³-hybridized carbons (Fsp3) is 0.167. The summed E-state index contributed by atoms with van der Waals surface area (Å²) in [6, 6.07) is 11.9. The zero-order chi connectivity index (χ0) is 19.6. The van der Waals surface area contributed by atoms with Gasteiger partial charge in [0.15, 0.2) is 11.5 Å². The van der Waals surface area contributed by atoms with Gasteiger partial charge >= 0.3 is 0 Å². The monoisotopic (exact) mass is 385 g/mol. The second-order valence-electron chi connectivity index (χ2n) is 6.21. The highest BCUT2D eigenvalue weighted by molar-refractivity contribution is 7.92. The van der Waals surface area contributed by atoms with Crippen molar-refractivity contribution in [1.29, 1.82) is 0 Å². The smallest absolute Gasteiger partial charge is 0.280 e. The van der Waals surface area contributed by atoms with Crippen LogP contribution in [0, 0.1) is 20.8 Å². The van der Waals surface area contributed by atoms with Crippen LogP contribution in [-0.4, -0.2) is 29.7 Å². The fourth-order valence-electron chi connectivity index (χ4n) is 2.50. The van der Waals surface area contributed by atoms with Gasteiger partial charge in [-0.05, 0) is 44.5 Å². The summed E-state index contributed by atoms with van der Waals surface area (Å²) < 4.78 is 27.3. The lowest BCUT2D eigenvalue weighted by Gasteiger charge is -2.09. The average molecular weight is 385 g/mol. The van der Waals surface area contributed by atoms with Crippen LogP contribution >= 0.6 is 0 Å². The van der Waals surface area contributed by atoms with Crippen molar-refractivity contribution in [3.05, 3.63) is 64.8 Å². The van der Waals surface area contributed by atoms with Gasteiger partial charge in [0.1, 0.15) is 0 Å². The summed E-state index contributed by atoms with van der Waals surface area (Å²) in [5.74, 6) is -0.741. The number of sulfonamides is 1. The van der Waals surface area contributed by atoms with Gasteiger partial charge in [-0.2, -0.15) is 5.21 Å². The van der Waals surface area contributed by atoms with Crippen molar-refractivity contribution >= 4 is 27.4 Å². The molecular formula is C18H19N5O3S. The molecule has 0 saturated heterocycles. The molecule has 0 radical (unpaired) electrons. The van der Waals surface area contributed by atoms with E-state index in [0.717, 1.165) is 16.7 Å². The SMILES string of the molecule is Cc1ccc(S(=O)(=O)Nc2n[nH]nc2C(=O)Nc2ccc(C)cc2C)cc1. The van der Waals surface area contributed by atoms with Crippen molar-refractivity contribution in [2.75, 3.05) is 10.0 Å². The number of amides is 1. The minimum atomic E-state index is -3.90. The maximum Gasteiger partial charge on any atom is 0.280 e. The molecule has 0 saturated carbocycles. The number of nitrogens with one attached hydrogen (secondary N) is 3. The highest BCUT2D eigenvalue weighted by atomic mass is 32.2. The van der Waals surface area contributed by atoms with E-state index >= 15 is 0 Å². The summed E-state index contributed by atoms with van der Waals surface area (Å²) in [5, 5.41) is 12.5. The van der Waals surface area contributed by atoms with E-state index in [4.69, 9.17) is 0 Å². The van der Waals surface area contributed by atoms with Gasteiger partial charge in [-0.15, -0.1) is 10.2 Å². The molecule has 140 valence electrons. The Hall–Kier alpha value is -3.20. The maximum atomic E-state index is 12.5. The molecule has 9 heteroatoms. The fourth-order valence-corrected chi connectivity index (χ4v) is 3.51. The molecule has 0 spiro atoms. The lowest BCUT2D eigenvalue weighted by molar-refractivity contribution is 0.102. The second-order valence-corrected chi connectivity index (χ2v) is 7.89. The zero-order valence-corrected chi connectivity index (χ0v) is 15.9. The van der Waals surface area contributed by atoms with Gasteiger partial charge in [-0.1, -0.05) is 35.4 Å². The largest absolute Gasteiger partial charge is 0.320 e. The number of anilines is 2. The maximum absolute atomic E-state index is 12.5. The van der Waals surface area contributed by atoms with E-state index in [0.29, 0.717) is 5.69 Å². The number of nitrogens with zero attached hydrogens (tertiary/aromatic N) is 2. The van der Waals surface area contributed by atoms with E-state index in [9.17, 15) is 13.2 Å². The van der Waals surface area contributed by atoms with Crippen molar-refractivity contribution in [2.24, 2.45) is 0 Å². The predicted molar refractivity (Wildman–Crippen MR) is 102 cm³/mol. The molecular weight excluding hydrogens is 366 g/mol. The number of benzene rings is 2. The summed E-state index contributed by atoms with van der Waals surface area (Å²) in [5.41, 5.74) is 3.35. The summed E-state index contributed by atoms with van der Waals surface area (Å²) in [7, 11) is -3.90. The first kappa shape index (κ1) is 18.6. The molecule has 0 aliphatic heterocycles. The number of carbonyl (C=O) groups excluding carboxylic acids is 1. The molecule has 1 amide bonds. The molecule has 2 aromatic carbocycles. The minimum Gasteiger partial charge on any atom is -0.320 e.